The van der Waals surface area contributed by atoms with E-state index in [1.807, 2.05) is 72.8 Å². The number of hydrogen-bond donors (Lipinski definition) is 1. The van der Waals surface area contributed by atoms with Crippen molar-refractivity contribution in [1.82, 2.24) is 25.5 Å². The van der Waals surface area contributed by atoms with Crippen molar-refractivity contribution in [2.24, 2.45) is 0 Å². The molecule has 0 atom stereocenters. The molecule has 1 aromatic heterocycles. The minimum Gasteiger partial charge on any atom is -0.486 e. The van der Waals surface area contributed by atoms with Crippen LogP contribution in [0.4, 0.5) is 0 Å². The van der Waals surface area contributed by atoms with Crippen molar-refractivity contribution in [3.63, 3.8) is 0 Å². The Hall–Kier alpha value is -3.85. The third-order valence-electron chi connectivity index (χ3n) is 5.11. The van der Waals surface area contributed by atoms with Crippen molar-refractivity contribution in [1.29, 1.82) is 0 Å². The lowest BCUT2D eigenvalue weighted by molar-refractivity contribution is 0.0947. The molecule has 4 aromatic rings. The number of benzene rings is 3. The summed E-state index contributed by atoms with van der Waals surface area (Å²) in [5, 5.41) is 15.1. The third-order valence-corrected chi connectivity index (χ3v) is 6.18. The Balaban J connectivity index is 1.28. The predicted octanol–water partition coefficient (Wildman–Crippen LogP) is 3.66. The average Bonchev–Trinajstić information content (AvgIpc) is 3.35. The molecule has 2 heterocycles. The van der Waals surface area contributed by atoms with Gasteiger partial charge < -0.3 is 14.8 Å². The van der Waals surface area contributed by atoms with Gasteiger partial charge in [-0.25, -0.2) is 0 Å². The Morgan fingerprint density at radius 3 is 2.70 bits per heavy atom. The number of fused-ring (bicyclic) bond motifs is 1. The van der Waals surface area contributed by atoms with Gasteiger partial charge in [-0.3, -0.25) is 4.79 Å². The van der Waals surface area contributed by atoms with Crippen LogP contribution < -0.4 is 14.8 Å². The fourth-order valence-corrected chi connectivity index (χ4v) is 4.49. The van der Waals surface area contributed by atoms with E-state index in [4.69, 9.17) is 9.47 Å². The summed E-state index contributed by atoms with van der Waals surface area (Å²) >= 11 is 1.52. The van der Waals surface area contributed by atoms with Gasteiger partial charge in [0.05, 0.1) is 17.0 Å². The van der Waals surface area contributed by atoms with Crippen LogP contribution in [0.5, 0.6) is 11.5 Å². The fraction of sp³-hybridized carbons (Fsp3) is 0.167. The molecular weight excluding hydrogens is 438 g/mol. The maximum atomic E-state index is 13.0. The molecule has 3 aromatic carbocycles. The highest BCUT2D eigenvalue weighted by Gasteiger charge is 2.18. The van der Waals surface area contributed by atoms with Crippen LogP contribution in [-0.2, 0) is 12.3 Å². The normalized spacial score (nSPS) is 12.4. The molecule has 0 spiro atoms. The lowest BCUT2D eigenvalue weighted by atomic mass is 10.1. The molecule has 5 rings (SSSR count). The molecule has 0 bridgehead atoms. The highest BCUT2D eigenvalue weighted by molar-refractivity contribution is 7.98. The molecule has 9 heteroatoms. The lowest BCUT2D eigenvalue weighted by Crippen LogP contribution is -2.24. The third kappa shape index (κ3) is 4.68. The van der Waals surface area contributed by atoms with Crippen LogP contribution in [-0.4, -0.2) is 39.3 Å². The molecule has 33 heavy (non-hydrogen) atoms. The van der Waals surface area contributed by atoms with Gasteiger partial charge in [0.25, 0.3) is 5.91 Å². The van der Waals surface area contributed by atoms with Crippen LogP contribution in [0.25, 0.3) is 5.69 Å². The first-order chi connectivity index (χ1) is 16.3. The van der Waals surface area contributed by atoms with Gasteiger partial charge in [0, 0.05) is 17.0 Å². The van der Waals surface area contributed by atoms with E-state index in [0.29, 0.717) is 48.4 Å². The van der Waals surface area contributed by atoms with Gasteiger partial charge in [-0.15, -0.1) is 16.9 Å². The molecule has 1 N–H and O–H groups in total. The zero-order chi connectivity index (χ0) is 22.5. The fourth-order valence-electron chi connectivity index (χ4n) is 3.53. The van der Waals surface area contributed by atoms with Gasteiger partial charge in [-0.1, -0.05) is 42.5 Å². The van der Waals surface area contributed by atoms with Gasteiger partial charge >= 0.3 is 0 Å². The molecule has 1 amide bonds. The van der Waals surface area contributed by atoms with E-state index in [-0.39, 0.29) is 5.91 Å². The van der Waals surface area contributed by atoms with Gasteiger partial charge in [0.2, 0.25) is 0 Å². The number of amides is 1. The molecule has 1 aliphatic heterocycles. The standard InChI is InChI=1S/C24H21N5O3S/c30-24(25-15-17-7-6-11-20-23(17)32-14-13-31-20)19-10-4-5-12-21(19)33-16-22-26-27-28-29(22)18-8-2-1-3-9-18/h1-12H,13-16H2,(H,25,30). The summed E-state index contributed by atoms with van der Waals surface area (Å²) in [5.41, 5.74) is 2.37. The van der Waals surface area contributed by atoms with E-state index in [2.05, 4.69) is 20.8 Å². The summed E-state index contributed by atoms with van der Waals surface area (Å²) in [4.78, 5) is 13.9. The molecular formula is C24H21N5O3S. The van der Waals surface area contributed by atoms with Crippen molar-refractivity contribution >= 4 is 17.7 Å². The van der Waals surface area contributed by atoms with E-state index in [1.54, 1.807) is 4.68 Å². The highest BCUT2D eigenvalue weighted by atomic mass is 32.2. The minimum atomic E-state index is -0.157. The molecule has 0 unspecified atom stereocenters. The number of rotatable bonds is 7. The molecule has 0 saturated carbocycles. The summed E-state index contributed by atoms with van der Waals surface area (Å²) in [5.74, 6) is 2.47. The molecule has 0 fully saturated rings. The van der Waals surface area contributed by atoms with E-state index in [0.717, 1.165) is 16.1 Å². The Morgan fingerprint density at radius 2 is 1.79 bits per heavy atom. The number of hydrogen-bond acceptors (Lipinski definition) is 7. The summed E-state index contributed by atoms with van der Waals surface area (Å²) in [7, 11) is 0. The maximum absolute atomic E-state index is 13.0. The Morgan fingerprint density at radius 1 is 0.970 bits per heavy atom. The second-order valence-electron chi connectivity index (χ2n) is 7.25. The molecule has 0 radical (unpaired) electrons. The first-order valence-corrected chi connectivity index (χ1v) is 11.5. The first-order valence-electron chi connectivity index (χ1n) is 10.5. The Kier molecular flexibility index (Phi) is 6.21. The van der Waals surface area contributed by atoms with Crippen LogP contribution in [0.1, 0.15) is 21.7 Å². The molecule has 0 saturated heterocycles. The van der Waals surface area contributed by atoms with Gasteiger partial charge in [0.1, 0.15) is 13.2 Å². The van der Waals surface area contributed by atoms with Crippen molar-refractivity contribution in [2.45, 2.75) is 17.2 Å². The number of ether oxygens (including phenoxy) is 2. The molecule has 0 aliphatic carbocycles. The lowest BCUT2D eigenvalue weighted by Gasteiger charge is -2.21. The van der Waals surface area contributed by atoms with Crippen LogP contribution >= 0.6 is 11.8 Å². The summed E-state index contributed by atoms with van der Waals surface area (Å²) in [6.07, 6.45) is 0. The smallest absolute Gasteiger partial charge is 0.252 e. The average molecular weight is 460 g/mol. The van der Waals surface area contributed by atoms with E-state index < -0.39 is 0 Å². The SMILES string of the molecule is O=C(NCc1cccc2c1OCCO2)c1ccccc1SCc1nnnn1-c1ccccc1. The zero-order valence-electron chi connectivity index (χ0n) is 17.7. The predicted molar refractivity (Wildman–Crippen MR) is 124 cm³/mol. The van der Waals surface area contributed by atoms with Gasteiger partial charge in [-0.05, 0) is 40.8 Å². The number of aromatic nitrogens is 4. The van der Waals surface area contributed by atoms with Crippen molar-refractivity contribution in [3.8, 4) is 17.2 Å². The molecule has 1 aliphatic rings. The van der Waals surface area contributed by atoms with Crippen LogP contribution in [0.15, 0.2) is 77.7 Å². The van der Waals surface area contributed by atoms with E-state index in [1.165, 1.54) is 11.8 Å². The summed E-state index contributed by atoms with van der Waals surface area (Å²) in [6, 6.07) is 22.9. The summed E-state index contributed by atoms with van der Waals surface area (Å²) < 4.78 is 13.1. The Bertz CT molecular complexity index is 1260. The number of nitrogens with one attached hydrogen (secondary N) is 1. The number of nitrogens with zero attached hydrogens (tertiary/aromatic N) is 4. The van der Waals surface area contributed by atoms with Crippen LogP contribution in [0.2, 0.25) is 0 Å². The van der Waals surface area contributed by atoms with E-state index in [9.17, 15) is 4.79 Å². The zero-order valence-corrected chi connectivity index (χ0v) is 18.5. The van der Waals surface area contributed by atoms with Crippen LogP contribution in [0, 0.1) is 0 Å². The molecule has 8 nitrogen and oxygen atoms in total. The van der Waals surface area contributed by atoms with Gasteiger partial charge in [0.15, 0.2) is 17.3 Å². The van der Waals surface area contributed by atoms with Gasteiger partial charge in [-0.2, -0.15) is 4.68 Å². The number of tetrazole rings is 1. The quantitative estimate of drug-likeness (QED) is 0.422. The second-order valence-corrected chi connectivity index (χ2v) is 8.27. The van der Waals surface area contributed by atoms with Crippen LogP contribution in [0.3, 0.4) is 0 Å². The summed E-state index contributed by atoms with van der Waals surface area (Å²) in [6.45, 7) is 1.37. The minimum absolute atomic E-state index is 0.157. The monoisotopic (exact) mass is 459 g/mol. The Labute approximate surface area is 194 Å². The topological polar surface area (TPSA) is 91.2 Å². The first kappa shape index (κ1) is 21.0. The van der Waals surface area contributed by atoms with Crippen molar-refractivity contribution in [3.05, 3.63) is 89.7 Å². The number of carbonyl (C=O) groups is 1. The highest BCUT2D eigenvalue weighted by Crippen LogP contribution is 2.33. The second kappa shape index (κ2) is 9.74. The number of thioether (sulfide) groups is 1. The van der Waals surface area contributed by atoms with Crippen molar-refractivity contribution < 1.29 is 14.3 Å². The number of carbonyl (C=O) groups excluding carboxylic acids is 1. The molecule has 166 valence electrons. The maximum Gasteiger partial charge on any atom is 0.252 e. The van der Waals surface area contributed by atoms with Crippen molar-refractivity contribution in [2.75, 3.05) is 13.2 Å². The largest absolute Gasteiger partial charge is 0.486 e. The number of para-hydroxylation sites is 2. The van der Waals surface area contributed by atoms with E-state index >= 15 is 0 Å².